The summed E-state index contributed by atoms with van der Waals surface area (Å²) in [4.78, 5) is 7.68. The van der Waals surface area contributed by atoms with E-state index in [9.17, 15) is 5.11 Å². The highest BCUT2D eigenvalue weighted by molar-refractivity contribution is 4.91. The summed E-state index contributed by atoms with van der Waals surface area (Å²) in [5.74, 6) is 0. The number of likely N-dealkylation sites (N-methyl/N-ethyl adjacent to an activating group) is 1. The predicted octanol–water partition coefficient (Wildman–Crippen LogP) is 2.03. The van der Waals surface area contributed by atoms with Crippen molar-refractivity contribution in [3.8, 4) is 0 Å². The fraction of sp³-hybridized carbons (Fsp3) is 1.00. The van der Waals surface area contributed by atoms with E-state index in [2.05, 4.69) is 49.4 Å². The first-order valence-corrected chi connectivity index (χ1v) is 9.07. The van der Waals surface area contributed by atoms with Crippen LogP contribution in [-0.2, 0) is 0 Å². The molecule has 4 nitrogen and oxygen atoms in total. The van der Waals surface area contributed by atoms with E-state index in [0.717, 1.165) is 25.9 Å². The van der Waals surface area contributed by atoms with E-state index in [1.165, 1.54) is 39.0 Å². The number of hydrogen-bond donors (Lipinski definition) is 1. The van der Waals surface area contributed by atoms with Gasteiger partial charge in [0.2, 0.25) is 0 Å². The number of aliphatic hydroxyl groups is 1. The van der Waals surface area contributed by atoms with Crippen LogP contribution in [0.15, 0.2) is 0 Å². The van der Waals surface area contributed by atoms with Crippen molar-refractivity contribution in [3.05, 3.63) is 0 Å². The van der Waals surface area contributed by atoms with Crippen LogP contribution < -0.4 is 0 Å². The molecule has 2 fully saturated rings. The second-order valence-corrected chi connectivity index (χ2v) is 8.63. The Kier molecular flexibility index (Phi) is 5.92. The van der Waals surface area contributed by atoms with Crippen molar-refractivity contribution in [1.29, 1.82) is 0 Å². The van der Waals surface area contributed by atoms with Crippen molar-refractivity contribution in [1.82, 2.24) is 14.7 Å². The molecule has 2 aliphatic heterocycles. The Morgan fingerprint density at radius 2 is 1.18 bits per heavy atom. The number of likely N-dealkylation sites (tertiary alicyclic amines) is 1. The molecule has 130 valence electrons. The number of aliphatic hydroxyl groups excluding tert-OH is 1. The SMILES string of the molecule is CN1CCN(C(C)(C)CCC(C)(C)N2CCC(O)CC2)CC1. The van der Waals surface area contributed by atoms with Gasteiger partial charge in [-0.2, -0.15) is 0 Å². The fourth-order valence-electron chi connectivity index (χ4n) is 3.81. The molecule has 1 N–H and O–H groups in total. The molecule has 0 bridgehead atoms. The molecule has 2 rings (SSSR count). The topological polar surface area (TPSA) is 30.0 Å². The second kappa shape index (κ2) is 7.16. The van der Waals surface area contributed by atoms with Gasteiger partial charge in [0.15, 0.2) is 0 Å². The van der Waals surface area contributed by atoms with Crippen molar-refractivity contribution in [2.75, 3.05) is 46.3 Å². The third kappa shape index (κ3) is 4.67. The summed E-state index contributed by atoms with van der Waals surface area (Å²) >= 11 is 0. The Hall–Kier alpha value is -0.160. The molecule has 0 aromatic rings. The van der Waals surface area contributed by atoms with Crippen LogP contribution in [0.3, 0.4) is 0 Å². The summed E-state index contributed by atoms with van der Waals surface area (Å²) in [6.07, 6.45) is 4.26. The largest absolute Gasteiger partial charge is 0.393 e. The highest BCUT2D eigenvalue weighted by atomic mass is 16.3. The summed E-state index contributed by atoms with van der Waals surface area (Å²) in [5, 5.41) is 9.71. The van der Waals surface area contributed by atoms with Gasteiger partial charge < -0.3 is 10.0 Å². The maximum atomic E-state index is 9.71. The molecular formula is C18H37N3O. The summed E-state index contributed by atoms with van der Waals surface area (Å²) in [6.45, 7) is 16.4. The van der Waals surface area contributed by atoms with E-state index >= 15 is 0 Å². The zero-order valence-corrected chi connectivity index (χ0v) is 15.4. The Morgan fingerprint density at radius 1 is 0.773 bits per heavy atom. The predicted molar refractivity (Wildman–Crippen MR) is 93.3 cm³/mol. The molecule has 2 aliphatic rings. The van der Waals surface area contributed by atoms with Gasteiger partial charge in [0, 0.05) is 50.3 Å². The van der Waals surface area contributed by atoms with E-state index in [1.54, 1.807) is 0 Å². The Morgan fingerprint density at radius 3 is 1.64 bits per heavy atom. The van der Waals surface area contributed by atoms with Crippen molar-refractivity contribution in [2.45, 2.75) is 70.6 Å². The molecule has 0 aliphatic carbocycles. The molecule has 2 heterocycles. The summed E-state index contributed by atoms with van der Waals surface area (Å²) < 4.78 is 0. The Labute approximate surface area is 137 Å². The highest BCUT2D eigenvalue weighted by Gasteiger charge is 2.34. The van der Waals surface area contributed by atoms with Crippen LogP contribution in [0.2, 0.25) is 0 Å². The smallest absolute Gasteiger partial charge is 0.0564 e. The van der Waals surface area contributed by atoms with E-state index in [1.807, 2.05) is 0 Å². The number of rotatable bonds is 5. The van der Waals surface area contributed by atoms with Crippen molar-refractivity contribution in [2.24, 2.45) is 0 Å². The lowest BCUT2D eigenvalue weighted by atomic mass is 9.85. The molecule has 0 radical (unpaired) electrons. The zero-order chi connectivity index (χ0) is 16.4. The van der Waals surface area contributed by atoms with Crippen molar-refractivity contribution >= 4 is 0 Å². The Balaban J connectivity index is 1.84. The molecular weight excluding hydrogens is 274 g/mol. The van der Waals surface area contributed by atoms with Gasteiger partial charge in [-0.3, -0.25) is 9.80 Å². The van der Waals surface area contributed by atoms with Crippen LogP contribution in [0, 0.1) is 0 Å². The van der Waals surface area contributed by atoms with E-state index < -0.39 is 0 Å². The lowest BCUT2D eigenvalue weighted by Crippen LogP contribution is -2.55. The monoisotopic (exact) mass is 311 g/mol. The van der Waals surface area contributed by atoms with Gasteiger partial charge in [-0.25, -0.2) is 0 Å². The first-order chi connectivity index (χ1) is 10.2. The molecule has 0 aromatic heterocycles. The maximum Gasteiger partial charge on any atom is 0.0564 e. The second-order valence-electron chi connectivity index (χ2n) is 8.63. The average molecular weight is 312 g/mol. The molecule has 0 unspecified atom stereocenters. The molecule has 0 spiro atoms. The van der Waals surface area contributed by atoms with Crippen LogP contribution in [0.5, 0.6) is 0 Å². The third-order valence-corrected chi connectivity index (χ3v) is 6.03. The maximum absolute atomic E-state index is 9.71. The quantitative estimate of drug-likeness (QED) is 0.841. The minimum atomic E-state index is -0.0752. The minimum absolute atomic E-state index is 0.0752. The number of piperazine rings is 1. The lowest BCUT2D eigenvalue weighted by Gasteiger charge is -2.47. The van der Waals surface area contributed by atoms with Gasteiger partial charge in [-0.1, -0.05) is 0 Å². The average Bonchev–Trinajstić information content (AvgIpc) is 2.46. The molecule has 0 atom stereocenters. The zero-order valence-electron chi connectivity index (χ0n) is 15.4. The molecule has 2 saturated heterocycles. The summed E-state index contributed by atoms with van der Waals surface area (Å²) in [7, 11) is 2.22. The summed E-state index contributed by atoms with van der Waals surface area (Å²) in [6, 6.07) is 0. The number of nitrogens with zero attached hydrogens (tertiary/aromatic N) is 3. The highest BCUT2D eigenvalue weighted by Crippen LogP contribution is 2.30. The van der Waals surface area contributed by atoms with Crippen LogP contribution >= 0.6 is 0 Å². The van der Waals surface area contributed by atoms with Crippen LogP contribution in [0.1, 0.15) is 53.4 Å². The molecule has 4 heteroatoms. The van der Waals surface area contributed by atoms with Crippen LogP contribution in [-0.4, -0.2) is 83.3 Å². The molecule has 0 saturated carbocycles. The van der Waals surface area contributed by atoms with Gasteiger partial charge in [-0.05, 0) is 60.4 Å². The fourth-order valence-corrected chi connectivity index (χ4v) is 3.81. The Bertz CT molecular complexity index is 306. The van der Waals surface area contributed by atoms with Gasteiger partial charge in [-0.15, -0.1) is 0 Å². The van der Waals surface area contributed by atoms with E-state index in [0.29, 0.717) is 0 Å². The van der Waals surface area contributed by atoms with Gasteiger partial charge in [0.25, 0.3) is 0 Å². The summed E-state index contributed by atoms with van der Waals surface area (Å²) in [5.41, 5.74) is 0.526. The normalized spacial score (nSPS) is 24.8. The first kappa shape index (κ1) is 18.2. The van der Waals surface area contributed by atoms with Gasteiger partial charge >= 0.3 is 0 Å². The van der Waals surface area contributed by atoms with Gasteiger partial charge in [0.05, 0.1) is 6.10 Å². The van der Waals surface area contributed by atoms with E-state index in [-0.39, 0.29) is 17.2 Å². The molecule has 0 aromatic carbocycles. The molecule has 0 amide bonds. The van der Waals surface area contributed by atoms with Crippen LogP contribution in [0.4, 0.5) is 0 Å². The lowest BCUT2D eigenvalue weighted by molar-refractivity contribution is 0.00924. The van der Waals surface area contributed by atoms with Crippen LogP contribution in [0.25, 0.3) is 0 Å². The first-order valence-electron chi connectivity index (χ1n) is 9.07. The number of piperidine rings is 1. The standard InChI is InChI=1S/C18H37N3O/c1-17(2,20-10-6-16(22)7-11-20)8-9-18(3,4)21-14-12-19(5)13-15-21/h16,22H,6-15H2,1-5H3. The van der Waals surface area contributed by atoms with E-state index in [4.69, 9.17) is 0 Å². The van der Waals surface area contributed by atoms with Crippen molar-refractivity contribution in [3.63, 3.8) is 0 Å². The number of hydrogen-bond acceptors (Lipinski definition) is 4. The van der Waals surface area contributed by atoms with Gasteiger partial charge in [0.1, 0.15) is 0 Å². The minimum Gasteiger partial charge on any atom is -0.393 e. The van der Waals surface area contributed by atoms with Crippen molar-refractivity contribution < 1.29 is 5.11 Å². The molecule has 22 heavy (non-hydrogen) atoms. The third-order valence-electron chi connectivity index (χ3n) is 6.03.